The van der Waals surface area contributed by atoms with Crippen LogP contribution in [0.15, 0.2) is 48.5 Å². The summed E-state index contributed by atoms with van der Waals surface area (Å²) >= 11 is 0. The molecule has 1 fully saturated rings. The molecular weight excluding hydrogens is 275 g/mol. The van der Waals surface area contributed by atoms with Crippen LogP contribution < -0.4 is 0 Å². The Hall–Kier alpha value is -1.81. The third kappa shape index (κ3) is 3.10. The summed E-state index contributed by atoms with van der Waals surface area (Å²) in [6, 6.07) is 12.7. The van der Waals surface area contributed by atoms with Crippen molar-refractivity contribution in [1.82, 2.24) is 4.90 Å². The number of rotatable bonds is 3. The van der Waals surface area contributed by atoms with Crippen molar-refractivity contribution in [3.05, 3.63) is 71.3 Å². The first-order valence-electron chi connectivity index (χ1n) is 6.97. The zero-order chi connectivity index (χ0) is 14.9. The first-order chi connectivity index (χ1) is 10.0. The van der Waals surface area contributed by atoms with Crippen LogP contribution >= 0.6 is 0 Å². The van der Waals surface area contributed by atoms with Gasteiger partial charge in [-0.1, -0.05) is 30.3 Å². The number of halogens is 3. The van der Waals surface area contributed by atoms with Gasteiger partial charge in [0.1, 0.15) is 17.3 Å². The average molecular weight is 291 g/mol. The molecule has 0 N–H and O–H groups in total. The van der Waals surface area contributed by atoms with Gasteiger partial charge in [0.25, 0.3) is 0 Å². The maximum atomic E-state index is 15.0. The largest absolute Gasteiger partial charge is 0.295 e. The van der Waals surface area contributed by atoms with Crippen LogP contribution in [0.4, 0.5) is 13.2 Å². The lowest BCUT2D eigenvalue weighted by molar-refractivity contribution is 0.163. The number of likely N-dealkylation sites (tertiary alicyclic amines) is 1. The molecule has 2 aromatic carbocycles. The van der Waals surface area contributed by atoms with E-state index in [1.165, 1.54) is 0 Å². The van der Waals surface area contributed by atoms with E-state index >= 15 is 0 Å². The van der Waals surface area contributed by atoms with E-state index in [4.69, 9.17) is 0 Å². The van der Waals surface area contributed by atoms with Crippen LogP contribution in [-0.2, 0) is 12.2 Å². The predicted octanol–water partition coefficient (Wildman–Crippen LogP) is 4.04. The summed E-state index contributed by atoms with van der Waals surface area (Å²) in [4.78, 5) is 1.97. The van der Waals surface area contributed by atoms with Gasteiger partial charge in [-0.25, -0.2) is 13.2 Å². The fraction of sp³-hybridized carbons (Fsp3) is 0.294. The molecule has 0 radical (unpaired) electrons. The van der Waals surface area contributed by atoms with Crippen LogP contribution in [0, 0.1) is 11.6 Å². The highest BCUT2D eigenvalue weighted by Crippen LogP contribution is 2.37. The minimum absolute atomic E-state index is 0.0931. The molecule has 0 amide bonds. The molecule has 0 bridgehead atoms. The van der Waals surface area contributed by atoms with Gasteiger partial charge in [0.2, 0.25) is 0 Å². The summed E-state index contributed by atoms with van der Waals surface area (Å²) in [7, 11) is 0. The molecule has 0 saturated carbocycles. The summed E-state index contributed by atoms with van der Waals surface area (Å²) in [5.41, 5.74) is -0.486. The number of hydrogen-bond acceptors (Lipinski definition) is 1. The molecule has 0 aromatic heterocycles. The Morgan fingerprint density at radius 2 is 1.67 bits per heavy atom. The number of nitrogens with zero attached hydrogens (tertiary/aromatic N) is 1. The van der Waals surface area contributed by atoms with Crippen molar-refractivity contribution in [2.24, 2.45) is 0 Å². The van der Waals surface area contributed by atoms with Gasteiger partial charge in [0, 0.05) is 25.7 Å². The van der Waals surface area contributed by atoms with Crippen molar-refractivity contribution in [1.29, 1.82) is 0 Å². The summed E-state index contributed by atoms with van der Waals surface area (Å²) in [6.45, 7) is 1.37. The lowest BCUT2D eigenvalue weighted by Crippen LogP contribution is -2.27. The Morgan fingerprint density at radius 1 is 1.00 bits per heavy atom. The van der Waals surface area contributed by atoms with Crippen molar-refractivity contribution in [2.45, 2.75) is 18.6 Å². The molecule has 1 heterocycles. The highest BCUT2D eigenvalue weighted by atomic mass is 19.1. The minimum atomic E-state index is -1.68. The summed E-state index contributed by atoms with van der Waals surface area (Å²) in [5, 5.41) is 0. The van der Waals surface area contributed by atoms with Gasteiger partial charge in [-0.2, -0.15) is 0 Å². The fourth-order valence-corrected chi connectivity index (χ4v) is 2.87. The Balaban J connectivity index is 1.76. The second-order valence-electron chi connectivity index (χ2n) is 5.57. The van der Waals surface area contributed by atoms with E-state index in [-0.39, 0.29) is 18.5 Å². The number of benzene rings is 2. The molecule has 1 aliphatic heterocycles. The van der Waals surface area contributed by atoms with E-state index in [1.807, 2.05) is 35.2 Å². The smallest absolute Gasteiger partial charge is 0.150 e. The molecule has 1 aliphatic rings. The van der Waals surface area contributed by atoms with Crippen LogP contribution in [0.2, 0.25) is 0 Å². The van der Waals surface area contributed by atoms with Crippen molar-refractivity contribution in [3.63, 3.8) is 0 Å². The van der Waals surface area contributed by atoms with E-state index in [2.05, 4.69) is 0 Å². The highest BCUT2D eigenvalue weighted by Gasteiger charge is 2.40. The molecule has 110 valence electrons. The average Bonchev–Trinajstić information content (AvgIpc) is 2.82. The highest BCUT2D eigenvalue weighted by molar-refractivity contribution is 5.26. The Bertz CT molecular complexity index is 609. The topological polar surface area (TPSA) is 3.24 Å². The van der Waals surface area contributed by atoms with Gasteiger partial charge >= 0.3 is 0 Å². The second kappa shape index (κ2) is 5.53. The lowest BCUT2D eigenvalue weighted by atomic mass is 9.95. The number of hydrogen-bond donors (Lipinski definition) is 0. The van der Waals surface area contributed by atoms with Crippen molar-refractivity contribution >= 4 is 0 Å². The molecule has 0 aliphatic carbocycles. The monoisotopic (exact) mass is 291 g/mol. The van der Waals surface area contributed by atoms with Gasteiger partial charge in [0.05, 0.1) is 0 Å². The molecule has 21 heavy (non-hydrogen) atoms. The van der Waals surface area contributed by atoms with Crippen LogP contribution in [-0.4, -0.2) is 18.0 Å². The SMILES string of the molecule is Fc1cc(F)cc(C2(F)CCN(Cc3ccccc3)C2)c1. The quantitative estimate of drug-likeness (QED) is 0.825. The summed E-state index contributed by atoms with van der Waals surface area (Å²) < 4.78 is 41.5. The van der Waals surface area contributed by atoms with E-state index in [0.29, 0.717) is 13.1 Å². The maximum absolute atomic E-state index is 15.0. The first-order valence-corrected chi connectivity index (χ1v) is 6.97. The molecular formula is C17H16F3N. The lowest BCUT2D eigenvalue weighted by Gasteiger charge is -2.21. The third-order valence-electron chi connectivity index (χ3n) is 3.93. The predicted molar refractivity (Wildman–Crippen MR) is 75.5 cm³/mol. The van der Waals surface area contributed by atoms with Gasteiger partial charge in [0.15, 0.2) is 0 Å². The van der Waals surface area contributed by atoms with Gasteiger partial charge < -0.3 is 0 Å². The molecule has 1 atom stereocenters. The second-order valence-corrected chi connectivity index (χ2v) is 5.57. The fourth-order valence-electron chi connectivity index (χ4n) is 2.87. The van der Waals surface area contributed by atoms with Crippen LogP contribution in [0.25, 0.3) is 0 Å². The maximum Gasteiger partial charge on any atom is 0.150 e. The van der Waals surface area contributed by atoms with E-state index in [9.17, 15) is 13.2 Å². The van der Waals surface area contributed by atoms with E-state index < -0.39 is 17.3 Å². The molecule has 0 spiro atoms. The van der Waals surface area contributed by atoms with Crippen molar-refractivity contribution in [3.8, 4) is 0 Å². The Kier molecular flexibility index (Phi) is 3.72. The third-order valence-corrected chi connectivity index (χ3v) is 3.93. The summed E-state index contributed by atoms with van der Waals surface area (Å²) in [5.74, 6) is -1.47. The van der Waals surface area contributed by atoms with Gasteiger partial charge in [-0.3, -0.25) is 4.90 Å². The van der Waals surface area contributed by atoms with Gasteiger partial charge in [-0.15, -0.1) is 0 Å². The molecule has 3 rings (SSSR count). The van der Waals surface area contributed by atoms with Crippen molar-refractivity contribution in [2.75, 3.05) is 13.1 Å². The van der Waals surface area contributed by atoms with Crippen LogP contribution in [0.5, 0.6) is 0 Å². The zero-order valence-corrected chi connectivity index (χ0v) is 11.5. The van der Waals surface area contributed by atoms with Crippen molar-refractivity contribution < 1.29 is 13.2 Å². The molecule has 4 heteroatoms. The van der Waals surface area contributed by atoms with Gasteiger partial charge in [-0.05, 0) is 29.7 Å². The standard InChI is InChI=1S/C17H16F3N/c18-15-8-14(9-16(19)10-15)17(20)6-7-21(12-17)11-13-4-2-1-3-5-13/h1-5,8-10H,6-7,11-12H2. The molecule has 1 unspecified atom stereocenters. The zero-order valence-electron chi connectivity index (χ0n) is 11.5. The Labute approximate surface area is 122 Å². The van der Waals surface area contributed by atoms with Crippen LogP contribution in [0.1, 0.15) is 17.5 Å². The minimum Gasteiger partial charge on any atom is -0.295 e. The van der Waals surface area contributed by atoms with Crippen LogP contribution in [0.3, 0.4) is 0 Å². The molecule has 1 saturated heterocycles. The normalized spacial score (nSPS) is 22.6. The number of alkyl halides is 1. The molecule has 1 nitrogen and oxygen atoms in total. The van der Waals surface area contributed by atoms with E-state index in [1.54, 1.807) is 0 Å². The molecule has 2 aromatic rings. The first kappa shape index (κ1) is 14.1. The summed E-state index contributed by atoms with van der Waals surface area (Å²) in [6.07, 6.45) is 0.253. The Morgan fingerprint density at radius 3 is 2.33 bits per heavy atom. The van der Waals surface area contributed by atoms with E-state index in [0.717, 1.165) is 23.8 Å².